The molecule has 6 fully saturated rings. The molecule has 6 unspecified atom stereocenters. The average Bonchev–Trinajstić information content (AvgIpc) is 2.95. The van der Waals surface area contributed by atoms with E-state index >= 15 is 0 Å². The van der Waals surface area contributed by atoms with E-state index in [9.17, 15) is 9.90 Å². The molecular weight excluding hydrogens is 345 g/mol. The van der Waals surface area contributed by atoms with Crippen molar-refractivity contribution in [3.63, 3.8) is 0 Å². The fourth-order valence-corrected chi connectivity index (χ4v) is 7.76. The van der Waals surface area contributed by atoms with Crippen molar-refractivity contribution in [3.05, 3.63) is 0 Å². The Kier molecular flexibility index (Phi) is 3.31. The Morgan fingerprint density at radius 3 is 2.74 bits per heavy atom. The summed E-state index contributed by atoms with van der Waals surface area (Å²) in [7, 11) is -0.436. The van der Waals surface area contributed by atoms with Crippen LogP contribution in [0.4, 0.5) is 4.79 Å². The molecule has 27 heavy (non-hydrogen) atoms. The maximum Gasteiger partial charge on any atom is 0.481 e. The summed E-state index contributed by atoms with van der Waals surface area (Å²) in [5.74, 6) is 2.86. The lowest BCUT2D eigenvalue weighted by Crippen LogP contribution is -2.85. The van der Waals surface area contributed by atoms with Crippen LogP contribution in [0.2, 0.25) is 0 Å². The Bertz CT molecular complexity index is 674. The number of β-amino-alcohol motifs (C(OH)–C–C–N with tert-alkyl or cyclic N) is 1. The maximum absolute atomic E-state index is 12.7. The van der Waals surface area contributed by atoms with Gasteiger partial charge in [-0.15, -0.1) is 0 Å². The lowest BCUT2D eigenvalue weighted by Gasteiger charge is -2.85. The molecule has 0 aromatic carbocycles. The Labute approximate surface area is 161 Å². The third-order valence-electron chi connectivity index (χ3n) is 8.56. The zero-order valence-corrected chi connectivity index (χ0v) is 16.5. The van der Waals surface area contributed by atoms with Crippen LogP contribution in [0.25, 0.3) is 0 Å². The number of hydrogen-bond acceptors (Lipinski definition) is 5. The van der Waals surface area contributed by atoms with E-state index in [1.54, 1.807) is 4.90 Å². The van der Waals surface area contributed by atoms with Gasteiger partial charge in [-0.05, 0) is 76.0 Å². The molecule has 1 spiro atoms. The quantitative estimate of drug-likeness (QED) is 0.712. The third-order valence-corrected chi connectivity index (χ3v) is 8.56. The molecule has 9 atom stereocenters. The second-order valence-corrected chi connectivity index (χ2v) is 10.8. The van der Waals surface area contributed by atoms with Gasteiger partial charge in [0.1, 0.15) is 5.60 Å². The summed E-state index contributed by atoms with van der Waals surface area (Å²) in [6.07, 6.45) is 5.29. The van der Waals surface area contributed by atoms with E-state index in [1.165, 1.54) is 19.3 Å². The molecule has 0 bridgehead atoms. The molecule has 148 valence electrons. The van der Waals surface area contributed by atoms with E-state index in [1.807, 2.05) is 20.8 Å². The van der Waals surface area contributed by atoms with Gasteiger partial charge < -0.3 is 24.1 Å². The van der Waals surface area contributed by atoms with Gasteiger partial charge in [0, 0.05) is 18.6 Å². The smallest absolute Gasteiger partial charge is 0.444 e. The van der Waals surface area contributed by atoms with Crippen molar-refractivity contribution in [1.29, 1.82) is 0 Å². The molecule has 7 heteroatoms. The first-order valence-electron chi connectivity index (χ1n) is 10.8. The number of likely N-dealkylation sites (tertiary alicyclic amines) is 1. The zero-order valence-electron chi connectivity index (χ0n) is 16.5. The number of rotatable bonds is 1. The van der Waals surface area contributed by atoms with Gasteiger partial charge in [-0.1, -0.05) is 0 Å². The van der Waals surface area contributed by atoms with Gasteiger partial charge in [0.05, 0.1) is 18.1 Å². The summed E-state index contributed by atoms with van der Waals surface area (Å²) < 4.78 is 18.5. The number of amides is 1. The van der Waals surface area contributed by atoms with Crippen LogP contribution in [0.15, 0.2) is 0 Å². The zero-order chi connectivity index (χ0) is 18.7. The first-order chi connectivity index (χ1) is 12.8. The number of carbonyl (C=O) groups excluding carboxylic acids is 1. The lowest BCUT2D eigenvalue weighted by atomic mass is 9.22. The highest BCUT2D eigenvalue weighted by atomic mass is 16.6. The van der Waals surface area contributed by atoms with Gasteiger partial charge in [-0.3, -0.25) is 0 Å². The van der Waals surface area contributed by atoms with Gasteiger partial charge >= 0.3 is 13.2 Å². The molecule has 2 heterocycles. The largest absolute Gasteiger partial charge is 0.481 e. The standard InChI is InChI=1S/C20H30BNO5/c1-19(2,3)25-18(24)22-9-12(23)8-15(22)21-26-14-5-4-10-6-11-7-13-17(27-21)16(14)20(10,11)13/h10-17,23H,4-9H2,1-3H3/t10?,11?,12-,13?,14+,15-,16?,17?,20?/m0/s1. The second kappa shape index (κ2) is 5.22. The summed E-state index contributed by atoms with van der Waals surface area (Å²) in [6, 6.07) is 0. The Hall–Kier alpha value is -0.785. The van der Waals surface area contributed by atoms with E-state index < -0.39 is 18.8 Å². The van der Waals surface area contributed by atoms with Crippen LogP contribution in [-0.2, 0) is 14.0 Å². The summed E-state index contributed by atoms with van der Waals surface area (Å²) in [5, 5.41) is 10.2. The number of hydrogen-bond donors (Lipinski definition) is 1. The summed E-state index contributed by atoms with van der Waals surface area (Å²) in [5.41, 5.74) is -0.00293. The minimum atomic E-state index is -0.557. The third kappa shape index (κ3) is 2.06. The van der Waals surface area contributed by atoms with Crippen molar-refractivity contribution in [1.82, 2.24) is 4.90 Å². The Balaban J connectivity index is 1.21. The topological polar surface area (TPSA) is 68.2 Å². The van der Waals surface area contributed by atoms with Gasteiger partial charge in [0.2, 0.25) is 0 Å². The predicted molar refractivity (Wildman–Crippen MR) is 97.7 cm³/mol. The van der Waals surface area contributed by atoms with Crippen LogP contribution in [0, 0.1) is 29.1 Å². The van der Waals surface area contributed by atoms with Crippen LogP contribution >= 0.6 is 0 Å². The molecule has 0 aromatic rings. The van der Waals surface area contributed by atoms with E-state index in [0.29, 0.717) is 36.3 Å². The monoisotopic (exact) mass is 375 g/mol. The average molecular weight is 375 g/mol. The molecule has 4 saturated carbocycles. The van der Waals surface area contributed by atoms with E-state index in [-0.39, 0.29) is 18.1 Å². The van der Waals surface area contributed by atoms with Gasteiger partial charge in [-0.2, -0.15) is 0 Å². The van der Waals surface area contributed by atoms with E-state index in [2.05, 4.69) is 0 Å². The van der Waals surface area contributed by atoms with Crippen molar-refractivity contribution in [2.45, 2.75) is 82.7 Å². The molecular formula is C20H30BNO5. The number of nitrogens with zero attached hydrogens (tertiary/aromatic N) is 1. The molecule has 2 saturated heterocycles. The minimum Gasteiger partial charge on any atom is -0.444 e. The highest BCUT2D eigenvalue weighted by molar-refractivity contribution is 6.47. The van der Waals surface area contributed by atoms with Crippen molar-refractivity contribution in [3.8, 4) is 0 Å². The molecule has 0 aromatic heterocycles. The van der Waals surface area contributed by atoms with Gasteiger partial charge in [0.15, 0.2) is 0 Å². The fourth-order valence-electron chi connectivity index (χ4n) is 7.76. The van der Waals surface area contributed by atoms with Crippen molar-refractivity contribution < 1.29 is 23.9 Å². The second-order valence-electron chi connectivity index (χ2n) is 10.8. The summed E-state index contributed by atoms with van der Waals surface area (Å²) >= 11 is 0. The van der Waals surface area contributed by atoms with Crippen LogP contribution in [-0.4, -0.2) is 59.6 Å². The van der Waals surface area contributed by atoms with Gasteiger partial charge in [0.25, 0.3) is 0 Å². The maximum atomic E-state index is 12.7. The first kappa shape index (κ1) is 17.1. The van der Waals surface area contributed by atoms with Gasteiger partial charge in [-0.25, -0.2) is 4.79 Å². The van der Waals surface area contributed by atoms with Crippen LogP contribution in [0.3, 0.4) is 0 Å². The highest BCUT2D eigenvalue weighted by Crippen LogP contribution is 2.83. The molecule has 0 radical (unpaired) electrons. The van der Waals surface area contributed by atoms with Crippen molar-refractivity contribution in [2.75, 3.05) is 6.54 Å². The number of fused-ring (bicyclic) bond motifs is 1. The number of ether oxygens (including phenoxy) is 1. The molecule has 6 aliphatic rings. The molecule has 4 aliphatic carbocycles. The SMILES string of the molecule is CC(C)(C)OC(=O)N1C[C@@H](O)C[C@H]1B1OC2C3CC4CC5CC[C@@H](O1)C2C543. The fraction of sp³-hybridized carbons (Fsp3) is 0.950. The minimum absolute atomic E-state index is 0.262. The molecule has 1 amide bonds. The van der Waals surface area contributed by atoms with Crippen LogP contribution in [0.1, 0.15) is 52.9 Å². The normalized spacial score (nSPS) is 52.1. The number of aliphatic hydroxyl groups excluding tert-OH is 1. The molecule has 6 rings (SSSR count). The predicted octanol–water partition coefficient (Wildman–Crippen LogP) is 2.23. The van der Waals surface area contributed by atoms with Crippen molar-refractivity contribution in [2.24, 2.45) is 29.1 Å². The summed E-state index contributed by atoms with van der Waals surface area (Å²) in [6.45, 7) is 5.88. The number of aliphatic hydroxyl groups is 1. The van der Waals surface area contributed by atoms with Crippen LogP contribution in [0.5, 0.6) is 0 Å². The Morgan fingerprint density at radius 1 is 1.19 bits per heavy atom. The highest BCUT2D eigenvalue weighted by Gasteiger charge is 2.83. The molecule has 2 aliphatic heterocycles. The summed E-state index contributed by atoms with van der Waals surface area (Å²) in [4.78, 5) is 14.3. The van der Waals surface area contributed by atoms with Crippen LogP contribution < -0.4 is 0 Å². The molecule has 6 nitrogen and oxygen atoms in total. The Morgan fingerprint density at radius 2 is 2.00 bits per heavy atom. The first-order valence-corrected chi connectivity index (χ1v) is 10.8. The number of carbonyl (C=O) groups is 1. The lowest BCUT2D eigenvalue weighted by molar-refractivity contribution is -0.396. The molecule has 1 N–H and O–H groups in total. The van der Waals surface area contributed by atoms with E-state index in [4.69, 9.17) is 14.0 Å². The van der Waals surface area contributed by atoms with E-state index in [0.717, 1.165) is 18.3 Å². The van der Waals surface area contributed by atoms with Crippen molar-refractivity contribution >= 4 is 13.2 Å².